The van der Waals surface area contributed by atoms with Gasteiger partial charge in [0.05, 0.1) is 5.56 Å². The van der Waals surface area contributed by atoms with Crippen LogP contribution in [0.4, 0.5) is 13.2 Å². The topological polar surface area (TPSA) is 29.1 Å². The van der Waals surface area contributed by atoms with Gasteiger partial charge in [-0.1, -0.05) is 27.6 Å². The third-order valence-corrected chi connectivity index (χ3v) is 4.09. The molecular weight excluding hydrogens is 347 g/mol. The summed E-state index contributed by atoms with van der Waals surface area (Å²) in [5.74, 6) is -0.480. The standard InChI is InChI=1S/C15H15BrF3NO/c16-13-6-5-11(9-12(13)15(17,18)19)14(21)20-8-7-10-3-1-2-4-10/h3,5-6,9H,1-2,4,7-8H2,(H,20,21). The SMILES string of the molecule is O=C(NCCC1=CCCC1)c1ccc(Br)c(C(F)(F)F)c1. The van der Waals surface area contributed by atoms with Crippen LogP contribution in [0.25, 0.3) is 0 Å². The molecular formula is C15H15BrF3NO. The van der Waals surface area contributed by atoms with Crippen molar-refractivity contribution in [2.24, 2.45) is 0 Å². The summed E-state index contributed by atoms with van der Waals surface area (Å²) >= 11 is 2.85. The van der Waals surface area contributed by atoms with Gasteiger partial charge in [-0.2, -0.15) is 13.2 Å². The normalized spacial score (nSPS) is 15.0. The molecule has 0 atom stereocenters. The van der Waals surface area contributed by atoms with Crippen LogP contribution < -0.4 is 5.32 Å². The Kier molecular flexibility index (Phi) is 5.08. The molecule has 1 amide bonds. The van der Waals surface area contributed by atoms with E-state index in [2.05, 4.69) is 27.3 Å². The summed E-state index contributed by atoms with van der Waals surface area (Å²) in [5, 5.41) is 2.66. The van der Waals surface area contributed by atoms with Crippen molar-refractivity contribution >= 4 is 21.8 Å². The van der Waals surface area contributed by atoms with E-state index in [9.17, 15) is 18.0 Å². The first-order valence-corrected chi connectivity index (χ1v) is 7.50. The van der Waals surface area contributed by atoms with Crippen LogP contribution in [0.1, 0.15) is 41.6 Å². The fourth-order valence-electron chi connectivity index (χ4n) is 2.29. The van der Waals surface area contributed by atoms with Gasteiger partial charge in [-0.3, -0.25) is 4.79 Å². The van der Waals surface area contributed by atoms with Gasteiger partial charge >= 0.3 is 6.18 Å². The molecule has 1 N–H and O–H groups in total. The molecule has 0 saturated heterocycles. The monoisotopic (exact) mass is 361 g/mol. The van der Waals surface area contributed by atoms with Crippen LogP contribution in [0.5, 0.6) is 0 Å². The second-order valence-electron chi connectivity index (χ2n) is 4.95. The first kappa shape index (κ1) is 16.1. The lowest BCUT2D eigenvalue weighted by atomic mass is 10.1. The molecule has 114 valence electrons. The first-order valence-electron chi connectivity index (χ1n) is 6.71. The lowest BCUT2D eigenvalue weighted by Gasteiger charge is -2.11. The van der Waals surface area contributed by atoms with Gasteiger partial charge in [0.25, 0.3) is 5.91 Å². The van der Waals surface area contributed by atoms with E-state index in [4.69, 9.17) is 0 Å². The van der Waals surface area contributed by atoms with Gasteiger partial charge in [-0.25, -0.2) is 0 Å². The quantitative estimate of drug-likeness (QED) is 0.773. The van der Waals surface area contributed by atoms with Crippen molar-refractivity contribution in [2.75, 3.05) is 6.54 Å². The summed E-state index contributed by atoms with van der Waals surface area (Å²) in [6.07, 6.45) is 1.70. The van der Waals surface area contributed by atoms with Crippen LogP contribution in [0, 0.1) is 0 Å². The summed E-state index contributed by atoms with van der Waals surface area (Å²) < 4.78 is 38.3. The molecule has 0 bridgehead atoms. The Hall–Kier alpha value is -1.30. The van der Waals surface area contributed by atoms with Crippen molar-refractivity contribution in [3.05, 3.63) is 45.4 Å². The van der Waals surface area contributed by atoms with Gasteiger partial charge in [-0.05, 0) is 43.9 Å². The number of amides is 1. The zero-order valence-corrected chi connectivity index (χ0v) is 12.9. The average molecular weight is 362 g/mol. The molecule has 1 aromatic carbocycles. The highest BCUT2D eigenvalue weighted by Gasteiger charge is 2.33. The number of carbonyl (C=O) groups excluding carboxylic acids is 1. The largest absolute Gasteiger partial charge is 0.417 e. The molecule has 1 aliphatic carbocycles. The number of carbonyl (C=O) groups is 1. The average Bonchev–Trinajstić information content (AvgIpc) is 2.91. The minimum Gasteiger partial charge on any atom is -0.352 e. The minimum atomic E-state index is -4.48. The second-order valence-corrected chi connectivity index (χ2v) is 5.81. The predicted octanol–water partition coefficient (Wildman–Crippen LogP) is 4.70. The van der Waals surface area contributed by atoms with Gasteiger partial charge < -0.3 is 5.32 Å². The maximum atomic E-state index is 12.8. The van der Waals surface area contributed by atoms with E-state index >= 15 is 0 Å². The van der Waals surface area contributed by atoms with Crippen LogP contribution in [0.3, 0.4) is 0 Å². The van der Waals surface area contributed by atoms with Crippen molar-refractivity contribution < 1.29 is 18.0 Å². The molecule has 1 aliphatic rings. The van der Waals surface area contributed by atoms with E-state index < -0.39 is 17.6 Å². The predicted molar refractivity (Wildman–Crippen MR) is 78.0 cm³/mol. The lowest BCUT2D eigenvalue weighted by molar-refractivity contribution is -0.138. The number of alkyl halides is 3. The maximum Gasteiger partial charge on any atom is 0.417 e. The van der Waals surface area contributed by atoms with Gasteiger partial charge in [0.2, 0.25) is 0 Å². The summed E-state index contributed by atoms with van der Waals surface area (Å²) in [6.45, 7) is 0.447. The van der Waals surface area contributed by atoms with Gasteiger partial charge in [0.1, 0.15) is 0 Å². The molecule has 2 nitrogen and oxygen atoms in total. The number of halogens is 4. The Labute approximate surface area is 129 Å². The molecule has 21 heavy (non-hydrogen) atoms. The zero-order valence-electron chi connectivity index (χ0n) is 11.3. The fourth-order valence-corrected chi connectivity index (χ4v) is 2.76. The second kappa shape index (κ2) is 6.64. The van der Waals surface area contributed by atoms with E-state index in [1.54, 1.807) is 0 Å². The Morgan fingerprint density at radius 3 is 2.71 bits per heavy atom. The molecule has 1 aromatic rings. The number of rotatable bonds is 4. The summed E-state index contributed by atoms with van der Waals surface area (Å²) in [5.41, 5.74) is 0.488. The third kappa shape index (κ3) is 4.33. The van der Waals surface area contributed by atoms with Crippen molar-refractivity contribution in [1.82, 2.24) is 5.32 Å². The van der Waals surface area contributed by atoms with E-state index in [0.29, 0.717) is 6.54 Å². The molecule has 0 fully saturated rings. The maximum absolute atomic E-state index is 12.8. The summed E-state index contributed by atoms with van der Waals surface area (Å²) in [7, 11) is 0. The molecule has 0 aromatic heterocycles. The number of hydrogen-bond acceptors (Lipinski definition) is 1. The zero-order chi connectivity index (χ0) is 15.5. The smallest absolute Gasteiger partial charge is 0.352 e. The van der Waals surface area contributed by atoms with Crippen LogP contribution >= 0.6 is 15.9 Å². The van der Waals surface area contributed by atoms with E-state index in [1.807, 2.05) is 0 Å². The van der Waals surface area contributed by atoms with Crippen molar-refractivity contribution in [3.63, 3.8) is 0 Å². The Morgan fingerprint density at radius 2 is 2.10 bits per heavy atom. The number of allylic oxidation sites excluding steroid dienone is 1. The first-order chi connectivity index (χ1) is 9.88. The summed E-state index contributed by atoms with van der Waals surface area (Å²) in [4.78, 5) is 11.9. The molecule has 0 unspecified atom stereocenters. The van der Waals surface area contributed by atoms with Crippen LogP contribution in [-0.4, -0.2) is 12.5 Å². The van der Waals surface area contributed by atoms with Crippen molar-refractivity contribution in [1.29, 1.82) is 0 Å². The number of benzene rings is 1. The van der Waals surface area contributed by atoms with Crippen LogP contribution in [-0.2, 0) is 6.18 Å². The van der Waals surface area contributed by atoms with Crippen LogP contribution in [0.15, 0.2) is 34.3 Å². The molecule has 0 radical (unpaired) electrons. The molecule has 2 rings (SSSR count). The highest BCUT2D eigenvalue weighted by molar-refractivity contribution is 9.10. The third-order valence-electron chi connectivity index (χ3n) is 3.40. The number of nitrogens with one attached hydrogen (secondary N) is 1. The fraction of sp³-hybridized carbons (Fsp3) is 0.400. The van der Waals surface area contributed by atoms with E-state index in [1.165, 1.54) is 17.7 Å². The van der Waals surface area contributed by atoms with E-state index in [0.717, 1.165) is 31.7 Å². The lowest BCUT2D eigenvalue weighted by Crippen LogP contribution is -2.25. The van der Waals surface area contributed by atoms with Gasteiger partial charge in [0.15, 0.2) is 0 Å². The molecule has 6 heteroatoms. The van der Waals surface area contributed by atoms with Gasteiger partial charge in [-0.15, -0.1) is 0 Å². The molecule has 0 heterocycles. The molecule has 0 aliphatic heterocycles. The highest BCUT2D eigenvalue weighted by atomic mass is 79.9. The van der Waals surface area contributed by atoms with Gasteiger partial charge in [0, 0.05) is 16.6 Å². The Morgan fingerprint density at radius 1 is 1.33 bits per heavy atom. The molecule has 0 spiro atoms. The highest BCUT2D eigenvalue weighted by Crippen LogP contribution is 2.35. The molecule has 0 saturated carbocycles. The Bertz CT molecular complexity index is 567. The van der Waals surface area contributed by atoms with Crippen molar-refractivity contribution in [2.45, 2.75) is 31.9 Å². The summed E-state index contributed by atoms with van der Waals surface area (Å²) in [6, 6.07) is 3.50. The van der Waals surface area contributed by atoms with E-state index in [-0.39, 0.29) is 10.0 Å². The Balaban J connectivity index is 1.99. The minimum absolute atomic E-state index is 0.0194. The van der Waals surface area contributed by atoms with Crippen molar-refractivity contribution in [3.8, 4) is 0 Å². The van der Waals surface area contributed by atoms with Crippen LogP contribution in [0.2, 0.25) is 0 Å². The number of hydrogen-bond donors (Lipinski definition) is 1.